The molecule has 2 heterocycles. The van der Waals surface area contributed by atoms with Crippen LogP contribution < -0.4 is 10.1 Å². The molecule has 1 aliphatic heterocycles. The van der Waals surface area contributed by atoms with E-state index >= 15 is 0 Å². The number of nitrogens with one attached hydrogen (secondary N) is 1. The fourth-order valence-electron chi connectivity index (χ4n) is 2.60. The second-order valence-corrected chi connectivity index (χ2v) is 6.15. The first-order valence-corrected chi connectivity index (χ1v) is 8.05. The molecule has 0 aliphatic carbocycles. The van der Waals surface area contributed by atoms with E-state index in [4.69, 9.17) is 21.1 Å². The van der Waals surface area contributed by atoms with Crippen LogP contribution in [0.15, 0.2) is 12.3 Å². The molecular weight excluding hydrogens is 360 g/mol. The molecule has 0 radical (unpaired) electrons. The molecule has 0 bridgehead atoms. The molecule has 1 atom stereocenters. The molecule has 2 N–H and O–H groups in total. The molecule has 1 aromatic rings. The number of ether oxygens (including phenoxy) is 2. The first-order valence-electron chi connectivity index (χ1n) is 7.67. The van der Waals surface area contributed by atoms with E-state index in [1.807, 2.05) is 0 Å². The van der Waals surface area contributed by atoms with Gasteiger partial charge in [0.15, 0.2) is 6.61 Å². The largest absolute Gasteiger partial charge is 0.470 e. The van der Waals surface area contributed by atoms with Crippen molar-refractivity contribution >= 4 is 23.3 Å². The van der Waals surface area contributed by atoms with E-state index in [1.165, 1.54) is 24.3 Å². The number of likely N-dealkylation sites (tertiary alicyclic amines) is 1. The van der Waals surface area contributed by atoms with Crippen LogP contribution in [0.1, 0.15) is 12.8 Å². The summed E-state index contributed by atoms with van der Waals surface area (Å²) in [5.41, 5.74) is -0.715. The van der Waals surface area contributed by atoms with Crippen LogP contribution >= 0.6 is 11.6 Å². The summed E-state index contributed by atoms with van der Waals surface area (Å²) >= 11 is 5.85. The van der Waals surface area contributed by atoms with Crippen molar-refractivity contribution in [3.8, 4) is 5.88 Å². The zero-order valence-electron chi connectivity index (χ0n) is 13.7. The van der Waals surface area contributed by atoms with Gasteiger partial charge in [0.25, 0.3) is 6.43 Å². The normalized spacial score (nSPS) is 20.6. The molecule has 0 spiro atoms. The van der Waals surface area contributed by atoms with Crippen LogP contribution in [0.3, 0.4) is 0 Å². The fraction of sp³-hybridized carbons (Fsp3) is 0.600. The second-order valence-electron chi connectivity index (χ2n) is 5.71. The summed E-state index contributed by atoms with van der Waals surface area (Å²) in [5.74, 6) is -0.143. The number of aliphatic hydroxyl groups excluding tert-OH is 1. The predicted molar refractivity (Wildman–Crippen MR) is 87.4 cm³/mol. The first-order chi connectivity index (χ1) is 11.9. The summed E-state index contributed by atoms with van der Waals surface area (Å²) in [7, 11) is 1.48. The van der Waals surface area contributed by atoms with Crippen molar-refractivity contribution in [1.82, 2.24) is 9.88 Å². The molecule has 140 valence electrons. The Hall–Kier alpha value is -1.71. The zero-order chi connectivity index (χ0) is 18.4. The Morgan fingerprint density at radius 3 is 3.00 bits per heavy atom. The molecule has 1 fully saturated rings. The van der Waals surface area contributed by atoms with Crippen molar-refractivity contribution in [2.24, 2.45) is 0 Å². The number of urea groups is 1. The number of piperidine rings is 1. The van der Waals surface area contributed by atoms with Gasteiger partial charge in [-0.05, 0) is 18.9 Å². The van der Waals surface area contributed by atoms with Gasteiger partial charge in [-0.2, -0.15) is 0 Å². The second kappa shape index (κ2) is 8.59. The van der Waals surface area contributed by atoms with Crippen molar-refractivity contribution in [3.63, 3.8) is 0 Å². The SMILES string of the molecule is COC1(CO)CCCN(C(=O)Nc2cc(Cl)cnc2OCC(F)F)C1. The van der Waals surface area contributed by atoms with Crippen LogP contribution in [0.5, 0.6) is 5.88 Å². The summed E-state index contributed by atoms with van der Waals surface area (Å²) in [6.07, 6.45) is -0.147. The van der Waals surface area contributed by atoms with Crippen LogP contribution in [-0.2, 0) is 4.74 Å². The third-order valence-electron chi connectivity index (χ3n) is 3.95. The number of halogens is 3. The van der Waals surface area contributed by atoms with E-state index in [1.54, 1.807) is 0 Å². The quantitative estimate of drug-likeness (QED) is 0.792. The van der Waals surface area contributed by atoms with Crippen LogP contribution in [0, 0.1) is 0 Å². The number of carbonyl (C=O) groups is 1. The Morgan fingerprint density at radius 2 is 2.36 bits per heavy atom. The van der Waals surface area contributed by atoms with E-state index in [0.29, 0.717) is 19.4 Å². The highest BCUT2D eigenvalue weighted by Gasteiger charge is 2.37. The molecule has 1 aromatic heterocycles. The lowest BCUT2D eigenvalue weighted by molar-refractivity contribution is -0.0858. The van der Waals surface area contributed by atoms with E-state index < -0.39 is 24.7 Å². The van der Waals surface area contributed by atoms with Gasteiger partial charge in [-0.3, -0.25) is 0 Å². The average molecular weight is 380 g/mol. The number of hydrogen-bond acceptors (Lipinski definition) is 5. The Bertz CT molecular complexity index is 602. The molecule has 7 nitrogen and oxygen atoms in total. The van der Waals surface area contributed by atoms with Crippen LogP contribution in [0.4, 0.5) is 19.3 Å². The first kappa shape index (κ1) is 19.6. The number of hydrogen-bond donors (Lipinski definition) is 2. The smallest absolute Gasteiger partial charge is 0.322 e. The molecule has 1 saturated heterocycles. The number of aromatic nitrogens is 1. The molecule has 10 heteroatoms. The number of rotatable bonds is 6. The van der Waals surface area contributed by atoms with Gasteiger partial charge in [0.2, 0.25) is 5.88 Å². The maximum Gasteiger partial charge on any atom is 0.322 e. The molecule has 2 rings (SSSR count). The van der Waals surface area contributed by atoms with Crippen molar-refractivity contribution in [1.29, 1.82) is 0 Å². The highest BCUT2D eigenvalue weighted by Crippen LogP contribution is 2.28. The number of alkyl halides is 2. The lowest BCUT2D eigenvalue weighted by Crippen LogP contribution is -2.54. The standard InChI is InChI=1S/C15H20ClF2N3O4/c1-24-15(9-22)3-2-4-21(8-15)14(23)20-11-5-10(16)6-19-13(11)25-7-12(17)18/h5-6,12,22H,2-4,7-9H2,1H3,(H,20,23). The molecule has 1 aliphatic rings. The maximum atomic E-state index is 12.5. The van der Waals surface area contributed by atoms with Crippen molar-refractivity contribution in [3.05, 3.63) is 17.3 Å². The number of pyridine rings is 1. The Kier molecular flexibility index (Phi) is 6.74. The molecule has 1 unspecified atom stereocenters. The van der Waals surface area contributed by atoms with Gasteiger partial charge in [-0.1, -0.05) is 11.6 Å². The average Bonchev–Trinajstić information content (AvgIpc) is 2.60. The van der Waals surface area contributed by atoms with E-state index in [2.05, 4.69) is 10.3 Å². The lowest BCUT2D eigenvalue weighted by atomic mass is 9.93. The summed E-state index contributed by atoms with van der Waals surface area (Å²) in [5, 5.41) is 12.3. The topological polar surface area (TPSA) is 83.9 Å². The number of carbonyl (C=O) groups excluding carboxylic acids is 1. The highest BCUT2D eigenvalue weighted by molar-refractivity contribution is 6.30. The summed E-state index contributed by atoms with van der Waals surface area (Å²) in [6.45, 7) is -0.390. The Balaban J connectivity index is 2.10. The van der Waals surface area contributed by atoms with E-state index in [0.717, 1.165) is 0 Å². The predicted octanol–water partition coefficient (Wildman–Crippen LogP) is 2.38. The van der Waals surface area contributed by atoms with Gasteiger partial charge in [0.05, 0.1) is 18.2 Å². The van der Waals surface area contributed by atoms with Gasteiger partial charge in [0.1, 0.15) is 11.3 Å². The highest BCUT2D eigenvalue weighted by atomic mass is 35.5. The summed E-state index contributed by atoms with van der Waals surface area (Å²) < 4.78 is 34.9. The van der Waals surface area contributed by atoms with Crippen molar-refractivity contribution < 1.29 is 28.2 Å². The van der Waals surface area contributed by atoms with Gasteiger partial charge >= 0.3 is 6.03 Å². The monoisotopic (exact) mass is 379 g/mol. The number of amides is 2. The minimum Gasteiger partial charge on any atom is -0.470 e. The summed E-state index contributed by atoms with van der Waals surface area (Å²) in [6, 6.07) is 0.882. The molecule has 2 amide bonds. The van der Waals surface area contributed by atoms with Gasteiger partial charge in [0, 0.05) is 19.9 Å². The zero-order valence-corrected chi connectivity index (χ0v) is 14.4. The summed E-state index contributed by atoms with van der Waals surface area (Å²) in [4.78, 5) is 17.8. The number of anilines is 1. The third-order valence-corrected chi connectivity index (χ3v) is 4.16. The lowest BCUT2D eigenvalue weighted by Gasteiger charge is -2.40. The number of aliphatic hydroxyl groups is 1. The molecule has 25 heavy (non-hydrogen) atoms. The van der Waals surface area contributed by atoms with Crippen molar-refractivity contribution in [2.75, 3.05) is 38.7 Å². The Labute approximate surface area is 148 Å². The third kappa shape index (κ3) is 5.13. The molecule has 0 aromatic carbocycles. The minimum absolute atomic E-state index is 0.0933. The van der Waals surface area contributed by atoms with Gasteiger partial charge in [-0.15, -0.1) is 0 Å². The minimum atomic E-state index is -2.67. The van der Waals surface area contributed by atoms with E-state index in [-0.39, 0.29) is 29.7 Å². The van der Waals surface area contributed by atoms with Gasteiger partial charge in [-0.25, -0.2) is 18.6 Å². The molecular formula is C15H20ClF2N3O4. The number of nitrogens with zero attached hydrogens (tertiary/aromatic N) is 2. The van der Waals surface area contributed by atoms with Crippen LogP contribution in [-0.4, -0.2) is 66.5 Å². The molecule has 0 saturated carbocycles. The van der Waals surface area contributed by atoms with E-state index in [9.17, 15) is 18.7 Å². The Morgan fingerprint density at radius 1 is 1.60 bits per heavy atom. The fourth-order valence-corrected chi connectivity index (χ4v) is 2.76. The van der Waals surface area contributed by atoms with Crippen molar-refractivity contribution in [2.45, 2.75) is 24.9 Å². The van der Waals surface area contributed by atoms with Gasteiger partial charge < -0.3 is 24.8 Å². The van der Waals surface area contributed by atoms with Crippen LogP contribution in [0.25, 0.3) is 0 Å². The van der Waals surface area contributed by atoms with Crippen LogP contribution in [0.2, 0.25) is 5.02 Å². The maximum absolute atomic E-state index is 12.5. The number of methoxy groups -OCH3 is 1.